The van der Waals surface area contributed by atoms with Crippen molar-refractivity contribution in [3.05, 3.63) is 29.8 Å². The highest BCUT2D eigenvalue weighted by atomic mass is 32.2. The summed E-state index contributed by atoms with van der Waals surface area (Å²) in [5.41, 5.74) is 0.869. The lowest BCUT2D eigenvalue weighted by atomic mass is 10.1. The number of hydrogen-bond acceptors (Lipinski definition) is 4. The van der Waals surface area contributed by atoms with Crippen LogP contribution in [0.15, 0.2) is 29.2 Å². The van der Waals surface area contributed by atoms with Crippen molar-refractivity contribution < 1.29 is 17.9 Å². The topological polar surface area (TPSA) is 52.6 Å². The summed E-state index contributed by atoms with van der Waals surface area (Å²) in [6.07, 6.45) is 1.40. The monoisotopic (exact) mass is 326 g/mol. The summed E-state index contributed by atoms with van der Waals surface area (Å²) in [7, 11) is -3.21. The van der Waals surface area contributed by atoms with Crippen LogP contribution in [0.4, 0.5) is 0 Å². The van der Waals surface area contributed by atoms with Crippen molar-refractivity contribution in [1.29, 1.82) is 0 Å². The van der Waals surface area contributed by atoms with E-state index in [4.69, 9.17) is 9.47 Å². The predicted octanol–water partition coefficient (Wildman–Crippen LogP) is 3.41. The fraction of sp³-hybridized carbons (Fsp3) is 0.647. The molecule has 4 nitrogen and oxygen atoms in total. The van der Waals surface area contributed by atoms with Crippen LogP contribution in [0.25, 0.3) is 0 Å². The zero-order chi connectivity index (χ0) is 16.2. The largest absolute Gasteiger partial charge is 0.352 e. The Kier molecular flexibility index (Phi) is 6.01. The maximum atomic E-state index is 12.3. The van der Waals surface area contributed by atoms with Crippen molar-refractivity contribution in [3.8, 4) is 0 Å². The van der Waals surface area contributed by atoms with Gasteiger partial charge < -0.3 is 9.47 Å². The van der Waals surface area contributed by atoms with Crippen molar-refractivity contribution >= 4 is 9.84 Å². The molecule has 1 aliphatic heterocycles. The first kappa shape index (κ1) is 17.4. The van der Waals surface area contributed by atoms with Gasteiger partial charge in [-0.2, -0.15) is 0 Å². The smallest absolute Gasteiger partial charge is 0.178 e. The molecule has 1 aromatic rings. The third kappa shape index (κ3) is 5.07. The van der Waals surface area contributed by atoms with Gasteiger partial charge in [-0.05, 0) is 36.0 Å². The lowest BCUT2D eigenvalue weighted by Gasteiger charge is -2.12. The van der Waals surface area contributed by atoms with E-state index in [-0.39, 0.29) is 12.0 Å². The summed E-state index contributed by atoms with van der Waals surface area (Å²) in [5.74, 6) is 1.09. The van der Waals surface area contributed by atoms with Gasteiger partial charge in [0.1, 0.15) is 0 Å². The molecule has 1 unspecified atom stereocenters. The first-order valence-corrected chi connectivity index (χ1v) is 9.57. The maximum Gasteiger partial charge on any atom is 0.178 e. The Balaban J connectivity index is 1.97. The minimum Gasteiger partial charge on any atom is -0.352 e. The molecule has 0 saturated carbocycles. The quantitative estimate of drug-likeness (QED) is 0.770. The second-order valence-corrected chi connectivity index (χ2v) is 8.67. The summed E-state index contributed by atoms with van der Waals surface area (Å²) >= 11 is 0. The summed E-state index contributed by atoms with van der Waals surface area (Å²) in [6.45, 7) is 7.30. The highest BCUT2D eigenvalue weighted by molar-refractivity contribution is 7.91. The highest BCUT2D eigenvalue weighted by Gasteiger charge is 2.22. The van der Waals surface area contributed by atoms with Crippen LogP contribution < -0.4 is 0 Å². The van der Waals surface area contributed by atoms with Crippen LogP contribution in [0.5, 0.6) is 0 Å². The van der Waals surface area contributed by atoms with Crippen LogP contribution in [-0.2, 0) is 25.9 Å². The Labute approximate surface area is 133 Å². The third-order valence-electron chi connectivity index (χ3n) is 3.82. The molecule has 0 aromatic heterocycles. The van der Waals surface area contributed by atoms with Gasteiger partial charge in [-0.25, -0.2) is 8.42 Å². The first-order valence-electron chi connectivity index (χ1n) is 7.91. The van der Waals surface area contributed by atoms with E-state index < -0.39 is 9.84 Å². The van der Waals surface area contributed by atoms with E-state index in [1.54, 1.807) is 18.2 Å². The molecule has 22 heavy (non-hydrogen) atoms. The minimum atomic E-state index is -3.21. The molecule has 0 aliphatic carbocycles. The van der Waals surface area contributed by atoms with Crippen LogP contribution in [0.1, 0.15) is 39.2 Å². The van der Waals surface area contributed by atoms with Crippen molar-refractivity contribution in [3.63, 3.8) is 0 Å². The van der Waals surface area contributed by atoms with E-state index in [0.29, 0.717) is 29.8 Å². The molecule has 0 N–H and O–H groups in total. The fourth-order valence-electron chi connectivity index (χ4n) is 2.38. The Hall–Kier alpha value is -0.910. The van der Waals surface area contributed by atoms with E-state index in [2.05, 4.69) is 6.92 Å². The van der Waals surface area contributed by atoms with Crippen LogP contribution in [0.3, 0.4) is 0 Å². The summed E-state index contributed by atoms with van der Waals surface area (Å²) in [6, 6.07) is 7.04. The van der Waals surface area contributed by atoms with Crippen LogP contribution in [-0.4, -0.2) is 27.1 Å². The summed E-state index contributed by atoms with van der Waals surface area (Å²) in [5, 5.41) is 0. The van der Waals surface area contributed by atoms with Gasteiger partial charge in [-0.15, -0.1) is 0 Å². The molecule has 5 heteroatoms. The van der Waals surface area contributed by atoms with Gasteiger partial charge >= 0.3 is 0 Å². The molecule has 1 aliphatic rings. The number of sulfone groups is 1. The van der Waals surface area contributed by atoms with Crippen LogP contribution in [0.2, 0.25) is 0 Å². The molecule has 1 heterocycles. The van der Waals surface area contributed by atoms with Gasteiger partial charge in [0.2, 0.25) is 0 Å². The van der Waals surface area contributed by atoms with Crippen molar-refractivity contribution in [2.45, 2.75) is 51.4 Å². The van der Waals surface area contributed by atoms with Crippen molar-refractivity contribution in [1.82, 2.24) is 0 Å². The number of ether oxygens (including phenoxy) is 2. The van der Waals surface area contributed by atoms with Crippen LogP contribution in [0, 0.1) is 11.8 Å². The Morgan fingerprint density at radius 3 is 2.77 bits per heavy atom. The van der Waals surface area contributed by atoms with Crippen molar-refractivity contribution in [2.75, 3.05) is 12.4 Å². The average molecular weight is 326 g/mol. The SMILES string of the molecule is CC(C)CCS(=O)(=O)c1cccc(COC2C[C@@H](C)CO2)c1. The molecule has 1 saturated heterocycles. The van der Waals surface area contributed by atoms with Gasteiger partial charge in [0.05, 0.1) is 23.9 Å². The minimum absolute atomic E-state index is 0.170. The Morgan fingerprint density at radius 2 is 2.14 bits per heavy atom. The zero-order valence-corrected chi connectivity index (χ0v) is 14.4. The molecule has 2 rings (SSSR count). The molecule has 0 spiro atoms. The molecule has 0 amide bonds. The van der Waals surface area contributed by atoms with Crippen LogP contribution >= 0.6 is 0 Å². The summed E-state index contributed by atoms with van der Waals surface area (Å²) in [4.78, 5) is 0.384. The fourth-order valence-corrected chi connectivity index (χ4v) is 4.01. The van der Waals surface area contributed by atoms with Gasteiger partial charge in [0, 0.05) is 6.42 Å². The normalized spacial score (nSPS) is 22.4. The Bertz CT molecular complexity index is 580. The predicted molar refractivity (Wildman–Crippen MR) is 86.3 cm³/mol. The van der Waals surface area contributed by atoms with Gasteiger partial charge in [-0.1, -0.05) is 32.9 Å². The van der Waals surface area contributed by atoms with E-state index in [9.17, 15) is 8.42 Å². The van der Waals surface area contributed by atoms with E-state index >= 15 is 0 Å². The third-order valence-corrected chi connectivity index (χ3v) is 5.56. The van der Waals surface area contributed by atoms with Crippen molar-refractivity contribution in [2.24, 2.45) is 11.8 Å². The lowest BCUT2D eigenvalue weighted by Crippen LogP contribution is -2.12. The molecular formula is C17H26O4S. The molecule has 1 aromatic carbocycles. The molecule has 2 atom stereocenters. The van der Waals surface area contributed by atoms with E-state index in [1.807, 2.05) is 19.9 Å². The van der Waals surface area contributed by atoms with Gasteiger partial charge in [0.15, 0.2) is 16.1 Å². The van der Waals surface area contributed by atoms with E-state index in [0.717, 1.165) is 18.6 Å². The molecule has 124 valence electrons. The first-order chi connectivity index (χ1) is 10.4. The van der Waals surface area contributed by atoms with Gasteiger partial charge in [0.25, 0.3) is 0 Å². The number of benzene rings is 1. The second kappa shape index (κ2) is 7.57. The lowest BCUT2D eigenvalue weighted by molar-refractivity contribution is -0.118. The summed E-state index contributed by atoms with van der Waals surface area (Å²) < 4.78 is 35.9. The highest BCUT2D eigenvalue weighted by Crippen LogP contribution is 2.22. The average Bonchev–Trinajstić information content (AvgIpc) is 2.89. The second-order valence-electron chi connectivity index (χ2n) is 6.56. The molecule has 1 fully saturated rings. The molecule has 0 bridgehead atoms. The van der Waals surface area contributed by atoms with Gasteiger partial charge in [-0.3, -0.25) is 0 Å². The number of rotatable bonds is 7. The molecule has 0 radical (unpaired) electrons. The standard InChI is InChI=1S/C17H26O4S/c1-13(2)7-8-22(18,19)16-6-4-5-15(10-16)12-21-17-9-14(3)11-20-17/h4-6,10,13-14,17H,7-9,11-12H2,1-3H3/t14-,17?/m1/s1. The number of hydrogen-bond donors (Lipinski definition) is 0. The molecular weight excluding hydrogens is 300 g/mol. The Morgan fingerprint density at radius 1 is 1.36 bits per heavy atom. The maximum absolute atomic E-state index is 12.3. The van der Waals surface area contributed by atoms with E-state index in [1.165, 1.54) is 0 Å². The zero-order valence-electron chi connectivity index (χ0n) is 13.6.